The Morgan fingerprint density at radius 3 is 3.00 bits per heavy atom. The number of methoxy groups -OCH3 is 1. The molecule has 0 radical (unpaired) electrons. The number of aromatic nitrogens is 2. The smallest absolute Gasteiger partial charge is 0.171 e. The average molecular weight is 219 g/mol. The number of hydrogen-bond acceptors (Lipinski definition) is 3. The summed E-state index contributed by atoms with van der Waals surface area (Å²) in [5.74, 6) is 0. The second kappa shape index (κ2) is 3.64. The van der Waals surface area contributed by atoms with Gasteiger partial charge in [0, 0.05) is 7.11 Å². The van der Waals surface area contributed by atoms with Crippen LogP contribution in [-0.2, 0) is 11.3 Å². The third-order valence-corrected chi connectivity index (χ3v) is 2.09. The zero-order chi connectivity index (χ0) is 8.27. The van der Waals surface area contributed by atoms with Crippen LogP contribution in [0.3, 0.4) is 0 Å². The summed E-state index contributed by atoms with van der Waals surface area (Å²) >= 11 is 3.21. The molecule has 1 aromatic heterocycles. The van der Waals surface area contributed by atoms with Gasteiger partial charge in [0.15, 0.2) is 6.29 Å². The second-order valence-electron chi connectivity index (χ2n) is 1.95. The Labute approximate surface area is 72.1 Å². The highest BCUT2D eigenvalue weighted by molar-refractivity contribution is 9.10. The van der Waals surface area contributed by atoms with Crippen LogP contribution >= 0.6 is 15.9 Å². The lowest BCUT2D eigenvalue weighted by atomic mass is 10.4. The number of aromatic amines is 1. The van der Waals surface area contributed by atoms with E-state index in [0.717, 1.165) is 5.69 Å². The number of carbonyl (C=O) groups is 1. The molecule has 1 N–H and O–H groups in total. The SMILES string of the molecule is COCc1[nH]nc(C=O)c1Br. The maximum atomic E-state index is 10.3. The van der Waals surface area contributed by atoms with Gasteiger partial charge < -0.3 is 4.74 Å². The van der Waals surface area contributed by atoms with E-state index in [2.05, 4.69) is 26.1 Å². The Bertz CT molecular complexity index is 259. The first-order valence-corrected chi connectivity index (χ1v) is 3.75. The third kappa shape index (κ3) is 1.66. The normalized spacial score (nSPS) is 10.0. The molecule has 1 heterocycles. The minimum atomic E-state index is 0.372. The fourth-order valence-corrected chi connectivity index (χ4v) is 1.08. The number of ether oxygens (including phenoxy) is 1. The van der Waals surface area contributed by atoms with Crippen LogP contribution < -0.4 is 0 Å². The highest BCUT2D eigenvalue weighted by Crippen LogP contribution is 2.17. The van der Waals surface area contributed by atoms with E-state index in [1.807, 2.05) is 0 Å². The maximum Gasteiger partial charge on any atom is 0.171 e. The van der Waals surface area contributed by atoms with Gasteiger partial charge in [0.2, 0.25) is 0 Å². The van der Waals surface area contributed by atoms with Crippen LogP contribution in [0.1, 0.15) is 16.2 Å². The largest absolute Gasteiger partial charge is 0.378 e. The Balaban J connectivity index is 2.90. The van der Waals surface area contributed by atoms with Crippen LogP contribution in [0, 0.1) is 0 Å². The lowest BCUT2D eigenvalue weighted by Gasteiger charge is -1.93. The van der Waals surface area contributed by atoms with Crippen LogP contribution in [-0.4, -0.2) is 23.6 Å². The minimum absolute atomic E-state index is 0.372. The number of hydrogen-bond donors (Lipinski definition) is 1. The monoisotopic (exact) mass is 218 g/mol. The summed E-state index contributed by atoms with van der Waals surface area (Å²) in [4.78, 5) is 10.3. The molecule has 0 atom stereocenters. The number of H-pyrrole nitrogens is 1. The Morgan fingerprint density at radius 1 is 1.82 bits per heavy atom. The molecule has 60 valence electrons. The van der Waals surface area contributed by atoms with Gasteiger partial charge in [-0.15, -0.1) is 0 Å². The standard InChI is InChI=1S/C6H7BrN2O2/c1-11-3-5-6(7)4(2-10)8-9-5/h2H,3H2,1H3,(H,8,9). The first-order valence-electron chi connectivity index (χ1n) is 2.96. The Hall–Kier alpha value is -0.680. The first-order chi connectivity index (χ1) is 5.29. The highest BCUT2D eigenvalue weighted by atomic mass is 79.9. The van der Waals surface area contributed by atoms with Gasteiger partial charge in [-0.1, -0.05) is 0 Å². The second-order valence-corrected chi connectivity index (χ2v) is 2.75. The predicted octanol–water partition coefficient (Wildman–Crippen LogP) is 1.13. The highest BCUT2D eigenvalue weighted by Gasteiger charge is 2.08. The van der Waals surface area contributed by atoms with Crippen molar-refractivity contribution in [3.63, 3.8) is 0 Å². The molecule has 0 aliphatic carbocycles. The molecule has 0 fully saturated rings. The molecular weight excluding hydrogens is 212 g/mol. The topological polar surface area (TPSA) is 55.0 Å². The number of aldehydes is 1. The lowest BCUT2D eigenvalue weighted by molar-refractivity contribution is 0.111. The van der Waals surface area contributed by atoms with E-state index in [0.29, 0.717) is 23.1 Å². The van der Waals surface area contributed by atoms with Gasteiger partial charge in [-0.2, -0.15) is 5.10 Å². The molecule has 0 saturated carbocycles. The van der Waals surface area contributed by atoms with Gasteiger partial charge >= 0.3 is 0 Å². The summed E-state index contributed by atoms with van der Waals surface area (Å²) in [6.45, 7) is 0.418. The molecule has 11 heavy (non-hydrogen) atoms. The molecular formula is C6H7BrN2O2. The quantitative estimate of drug-likeness (QED) is 0.775. The first kappa shape index (κ1) is 8.42. The molecule has 1 rings (SSSR count). The van der Waals surface area contributed by atoms with Crippen molar-refractivity contribution in [2.24, 2.45) is 0 Å². The molecule has 5 heteroatoms. The summed E-state index contributed by atoms with van der Waals surface area (Å²) in [7, 11) is 1.58. The van der Waals surface area contributed by atoms with Crippen molar-refractivity contribution >= 4 is 22.2 Å². The number of nitrogens with one attached hydrogen (secondary N) is 1. The van der Waals surface area contributed by atoms with E-state index in [1.54, 1.807) is 7.11 Å². The van der Waals surface area contributed by atoms with E-state index < -0.39 is 0 Å². The van der Waals surface area contributed by atoms with E-state index >= 15 is 0 Å². The van der Waals surface area contributed by atoms with Crippen LogP contribution in [0.4, 0.5) is 0 Å². The van der Waals surface area contributed by atoms with E-state index in [9.17, 15) is 4.79 Å². The molecule has 0 aliphatic rings. The van der Waals surface area contributed by atoms with Crippen molar-refractivity contribution in [3.05, 3.63) is 15.9 Å². The molecule has 1 aromatic rings. The maximum absolute atomic E-state index is 10.3. The van der Waals surface area contributed by atoms with E-state index in [1.165, 1.54) is 0 Å². The van der Waals surface area contributed by atoms with Crippen LogP contribution in [0.2, 0.25) is 0 Å². The van der Waals surface area contributed by atoms with Crippen molar-refractivity contribution in [2.45, 2.75) is 6.61 Å². The minimum Gasteiger partial charge on any atom is -0.378 e. The molecule has 4 nitrogen and oxygen atoms in total. The van der Waals surface area contributed by atoms with Crippen LogP contribution in [0.5, 0.6) is 0 Å². The third-order valence-electron chi connectivity index (χ3n) is 1.20. The molecule has 0 aromatic carbocycles. The number of carbonyl (C=O) groups excluding carboxylic acids is 1. The van der Waals surface area contributed by atoms with Gasteiger partial charge in [0.1, 0.15) is 5.69 Å². The van der Waals surface area contributed by atoms with E-state index in [-0.39, 0.29) is 0 Å². The summed E-state index contributed by atoms with van der Waals surface area (Å²) in [6, 6.07) is 0. The molecule has 0 unspecified atom stereocenters. The molecule has 0 saturated heterocycles. The molecule has 0 amide bonds. The Morgan fingerprint density at radius 2 is 2.55 bits per heavy atom. The van der Waals surface area contributed by atoms with Crippen LogP contribution in [0.15, 0.2) is 4.47 Å². The fraction of sp³-hybridized carbons (Fsp3) is 0.333. The number of halogens is 1. The number of rotatable bonds is 3. The van der Waals surface area contributed by atoms with Gasteiger partial charge in [-0.3, -0.25) is 9.89 Å². The van der Waals surface area contributed by atoms with Crippen molar-refractivity contribution in [3.8, 4) is 0 Å². The van der Waals surface area contributed by atoms with Gasteiger partial charge in [-0.05, 0) is 15.9 Å². The summed E-state index contributed by atoms with van der Waals surface area (Å²) in [6.07, 6.45) is 0.680. The van der Waals surface area contributed by atoms with Gasteiger partial charge in [-0.25, -0.2) is 0 Å². The molecule has 0 aliphatic heterocycles. The zero-order valence-electron chi connectivity index (χ0n) is 5.93. The average Bonchev–Trinajstić information content (AvgIpc) is 2.34. The molecule has 0 bridgehead atoms. The summed E-state index contributed by atoms with van der Waals surface area (Å²) in [5.41, 5.74) is 1.15. The fourth-order valence-electron chi connectivity index (χ4n) is 0.699. The summed E-state index contributed by atoms with van der Waals surface area (Å²) in [5, 5.41) is 6.41. The summed E-state index contributed by atoms with van der Waals surface area (Å²) < 4.78 is 5.52. The van der Waals surface area contributed by atoms with Crippen molar-refractivity contribution in [2.75, 3.05) is 7.11 Å². The van der Waals surface area contributed by atoms with Crippen molar-refractivity contribution in [1.29, 1.82) is 0 Å². The Kier molecular flexibility index (Phi) is 2.78. The van der Waals surface area contributed by atoms with Gasteiger partial charge in [0.25, 0.3) is 0 Å². The number of nitrogens with zero attached hydrogens (tertiary/aromatic N) is 1. The predicted molar refractivity (Wildman–Crippen MR) is 42.4 cm³/mol. The molecule has 0 spiro atoms. The van der Waals surface area contributed by atoms with Crippen molar-refractivity contribution < 1.29 is 9.53 Å². The van der Waals surface area contributed by atoms with Crippen LogP contribution in [0.25, 0.3) is 0 Å². The zero-order valence-corrected chi connectivity index (χ0v) is 7.51. The van der Waals surface area contributed by atoms with Crippen molar-refractivity contribution in [1.82, 2.24) is 10.2 Å². The van der Waals surface area contributed by atoms with Gasteiger partial charge in [0.05, 0.1) is 16.8 Å². The lowest BCUT2D eigenvalue weighted by Crippen LogP contribution is -1.87. The van der Waals surface area contributed by atoms with E-state index in [4.69, 9.17) is 4.74 Å².